The SMILES string of the molecule is N#CC(=C(O)c1ccccc1Cl)c1nc(-c2ccccn2)cs1. The maximum Gasteiger partial charge on any atom is 0.145 e. The molecule has 6 heteroatoms. The Balaban J connectivity index is 2.06. The van der Waals surface area contributed by atoms with Gasteiger partial charge in [0.1, 0.15) is 28.1 Å². The van der Waals surface area contributed by atoms with Crippen LogP contribution in [0.3, 0.4) is 0 Å². The summed E-state index contributed by atoms with van der Waals surface area (Å²) in [5.41, 5.74) is 1.86. The fraction of sp³-hybridized carbons (Fsp3) is 0. The van der Waals surface area contributed by atoms with Gasteiger partial charge in [0, 0.05) is 17.1 Å². The minimum Gasteiger partial charge on any atom is -0.506 e. The molecular formula is C17H10ClN3OS. The van der Waals surface area contributed by atoms with Crippen LogP contribution in [0.1, 0.15) is 10.6 Å². The summed E-state index contributed by atoms with van der Waals surface area (Å²) in [6.45, 7) is 0. The van der Waals surface area contributed by atoms with Crippen LogP contribution in [0, 0.1) is 11.3 Å². The molecule has 3 rings (SSSR count). The molecule has 3 aromatic rings. The number of hydrogen-bond acceptors (Lipinski definition) is 5. The summed E-state index contributed by atoms with van der Waals surface area (Å²) in [6, 6.07) is 14.3. The number of allylic oxidation sites excluding steroid dienone is 1. The summed E-state index contributed by atoms with van der Waals surface area (Å²) in [4.78, 5) is 8.63. The van der Waals surface area contributed by atoms with Crippen molar-refractivity contribution in [3.8, 4) is 17.5 Å². The van der Waals surface area contributed by atoms with Crippen molar-refractivity contribution in [2.45, 2.75) is 0 Å². The minimum atomic E-state index is -0.181. The van der Waals surface area contributed by atoms with E-state index in [0.717, 1.165) is 0 Å². The van der Waals surface area contributed by atoms with Gasteiger partial charge in [0.25, 0.3) is 0 Å². The summed E-state index contributed by atoms with van der Waals surface area (Å²) in [5.74, 6) is -0.181. The zero-order valence-corrected chi connectivity index (χ0v) is 13.3. The molecule has 1 aromatic carbocycles. The molecule has 0 aliphatic carbocycles. The van der Waals surface area contributed by atoms with Gasteiger partial charge in [0.05, 0.1) is 10.7 Å². The van der Waals surface area contributed by atoms with Crippen molar-refractivity contribution in [1.29, 1.82) is 5.26 Å². The Bertz CT molecular complexity index is 913. The second-order valence-corrected chi connectivity index (χ2v) is 5.83. The second kappa shape index (κ2) is 6.61. The molecule has 0 bridgehead atoms. The maximum absolute atomic E-state index is 10.4. The highest BCUT2D eigenvalue weighted by atomic mass is 35.5. The molecule has 0 fully saturated rings. The molecule has 0 spiro atoms. The third-order valence-corrected chi connectivity index (χ3v) is 4.31. The molecule has 0 atom stereocenters. The van der Waals surface area contributed by atoms with Gasteiger partial charge >= 0.3 is 0 Å². The van der Waals surface area contributed by atoms with Gasteiger partial charge in [-0.2, -0.15) is 5.26 Å². The number of nitriles is 1. The van der Waals surface area contributed by atoms with Crippen LogP contribution in [0.25, 0.3) is 22.7 Å². The van der Waals surface area contributed by atoms with E-state index >= 15 is 0 Å². The van der Waals surface area contributed by atoms with Crippen molar-refractivity contribution in [3.05, 3.63) is 69.6 Å². The van der Waals surface area contributed by atoms with Crippen molar-refractivity contribution in [2.24, 2.45) is 0 Å². The number of aliphatic hydroxyl groups is 1. The molecule has 0 amide bonds. The highest BCUT2D eigenvalue weighted by Crippen LogP contribution is 2.31. The quantitative estimate of drug-likeness (QED) is 0.549. The van der Waals surface area contributed by atoms with Gasteiger partial charge in [-0.1, -0.05) is 29.8 Å². The normalized spacial score (nSPS) is 11.7. The number of nitrogens with zero attached hydrogens (tertiary/aromatic N) is 3. The lowest BCUT2D eigenvalue weighted by atomic mass is 10.1. The summed E-state index contributed by atoms with van der Waals surface area (Å²) < 4.78 is 0. The zero-order chi connectivity index (χ0) is 16.2. The standard InChI is InChI=1S/C17H10ClN3OS/c18-13-6-2-1-5-11(13)16(22)12(9-19)17-21-15(10-23-17)14-7-3-4-8-20-14/h1-8,10,22H. The van der Waals surface area contributed by atoms with E-state index < -0.39 is 0 Å². The third-order valence-electron chi connectivity index (χ3n) is 3.12. The molecule has 0 unspecified atom stereocenters. The van der Waals surface area contributed by atoms with E-state index in [1.54, 1.807) is 35.8 Å². The highest BCUT2D eigenvalue weighted by Gasteiger charge is 2.16. The Kier molecular flexibility index (Phi) is 4.38. The second-order valence-electron chi connectivity index (χ2n) is 4.57. The van der Waals surface area contributed by atoms with E-state index in [0.29, 0.717) is 27.0 Å². The number of aromatic nitrogens is 2. The van der Waals surface area contributed by atoms with Crippen LogP contribution in [-0.2, 0) is 0 Å². The first-order chi connectivity index (χ1) is 11.2. The Morgan fingerprint density at radius 2 is 1.91 bits per heavy atom. The summed E-state index contributed by atoms with van der Waals surface area (Å²) in [6.07, 6.45) is 1.68. The van der Waals surface area contributed by atoms with Crippen LogP contribution in [0.2, 0.25) is 5.02 Å². The van der Waals surface area contributed by atoms with Crippen molar-refractivity contribution in [3.63, 3.8) is 0 Å². The molecular weight excluding hydrogens is 330 g/mol. The van der Waals surface area contributed by atoms with Crippen molar-refractivity contribution in [1.82, 2.24) is 9.97 Å². The molecule has 0 saturated carbocycles. The van der Waals surface area contributed by atoms with Crippen molar-refractivity contribution < 1.29 is 5.11 Å². The van der Waals surface area contributed by atoms with Crippen LogP contribution in [0.5, 0.6) is 0 Å². The van der Waals surface area contributed by atoms with Crippen LogP contribution in [0.15, 0.2) is 54.0 Å². The van der Waals surface area contributed by atoms with E-state index in [4.69, 9.17) is 11.6 Å². The van der Waals surface area contributed by atoms with E-state index in [1.807, 2.05) is 24.3 Å². The van der Waals surface area contributed by atoms with Gasteiger partial charge in [0.15, 0.2) is 0 Å². The first kappa shape index (κ1) is 15.2. The summed E-state index contributed by atoms with van der Waals surface area (Å²) >= 11 is 7.35. The Hall–Kier alpha value is -2.68. The average Bonchev–Trinajstić information content (AvgIpc) is 3.06. The Morgan fingerprint density at radius 1 is 1.13 bits per heavy atom. The van der Waals surface area contributed by atoms with E-state index in [1.165, 1.54) is 11.3 Å². The largest absolute Gasteiger partial charge is 0.506 e. The average molecular weight is 340 g/mol. The molecule has 2 heterocycles. The molecule has 0 aliphatic heterocycles. The molecule has 23 heavy (non-hydrogen) atoms. The number of halogens is 1. The number of aliphatic hydroxyl groups excluding tert-OH is 1. The number of thiazole rings is 1. The number of benzene rings is 1. The van der Waals surface area contributed by atoms with Crippen LogP contribution in [-0.4, -0.2) is 15.1 Å². The monoisotopic (exact) mass is 339 g/mol. The first-order valence-corrected chi connectivity index (χ1v) is 7.92. The predicted molar refractivity (Wildman–Crippen MR) is 91.9 cm³/mol. The van der Waals surface area contributed by atoms with Gasteiger partial charge in [0.2, 0.25) is 0 Å². The molecule has 0 saturated heterocycles. The predicted octanol–water partition coefficient (Wildman–Crippen LogP) is 4.81. The fourth-order valence-electron chi connectivity index (χ4n) is 2.01. The fourth-order valence-corrected chi connectivity index (χ4v) is 3.04. The topological polar surface area (TPSA) is 69.8 Å². The van der Waals surface area contributed by atoms with Gasteiger partial charge in [-0.3, -0.25) is 4.98 Å². The molecule has 1 N–H and O–H groups in total. The smallest absolute Gasteiger partial charge is 0.145 e. The molecule has 112 valence electrons. The van der Waals surface area contributed by atoms with Crippen LogP contribution < -0.4 is 0 Å². The van der Waals surface area contributed by atoms with Gasteiger partial charge < -0.3 is 5.11 Å². The third kappa shape index (κ3) is 3.09. The van der Waals surface area contributed by atoms with Crippen LogP contribution >= 0.6 is 22.9 Å². The Morgan fingerprint density at radius 3 is 2.61 bits per heavy atom. The first-order valence-electron chi connectivity index (χ1n) is 6.66. The minimum absolute atomic E-state index is 0.0882. The lowest BCUT2D eigenvalue weighted by molar-refractivity contribution is 0.514. The lowest BCUT2D eigenvalue weighted by Gasteiger charge is -2.04. The van der Waals surface area contributed by atoms with Crippen molar-refractivity contribution >= 4 is 34.3 Å². The van der Waals surface area contributed by atoms with E-state index in [9.17, 15) is 10.4 Å². The zero-order valence-electron chi connectivity index (χ0n) is 11.8. The maximum atomic E-state index is 10.4. The van der Waals surface area contributed by atoms with E-state index in [2.05, 4.69) is 9.97 Å². The van der Waals surface area contributed by atoms with E-state index in [-0.39, 0.29) is 11.3 Å². The molecule has 0 aliphatic rings. The Labute approximate surface area is 142 Å². The number of rotatable bonds is 3. The van der Waals surface area contributed by atoms with Crippen molar-refractivity contribution in [2.75, 3.05) is 0 Å². The number of hydrogen-bond donors (Lipinski definition) is 1. The molecule has 4 nitrogen and oxygen atoms in total. The molecule has 2 aromatic heterocycles. The van der Waals surface area contributed by atoms with Gasteiger partial charge in [-0.15, -0.1) is 11.3 Å². The van der Waals surface area contributed by atoms with Gasteiger partial charge in [-0.05, 0) is 24.3 Å². The summed E-state index contributed by atoms with van der Waals surface area (Å²) in [5, 5.41) is 22.4. The van der Waals surface area contributed by atoms with Gasteiger partial charge in [-0.25, -0.2) is 4.98 Å². The molecule has 0 radical (unpaired) electrons. The van der Waals surface area contributed by atoms with Crippen LogP contribution in [0.4, 0.5) is 0 Å². The summed E-state index contributed by atoms with van der Waals surface area (Å²) in [7, 11) is 0. The lowest BCUT2D eigenvalue weighted by Crippen LogP contribution is -1.91. The highest BCUT2D eigenvalue weighted by molar-refractivity contribution is 7.11. The number of pyridine rings is 1.